The molecule has 0 amide bonds. The van der Waals surface area contributed by atoms with Gasteiger partial charge in [0, 0.05) is 12.6 Å². The molecule has 2 aromatic heterocycles. The molecular weight excluding hydrogens is 391 g/mol. The summed E-state index contributed by atoms with van der Waals surface area (Å²) < 4.78 is 15.1. The third kappa shape index (κ3) is 4.72. The summed E-state index contributed by atoms with van der Waals surface area (Å²) in [6, 6.07) is 12.8. The lowest BCUT2D eigenvalue weighted by Crippen LogP contribution is -2.22. The van der Waals surface area contributed by atoms with E-state index < -0.39 is 0 Å². The van der Waals surface area contributed by atoms with Crippen LogP contribution in [0.2, 0.25) is 0 Å². The zero-order chi connectivity index (χ0) is 21.8. The largest absolute Gasteiger partial charge is 0.362 e. The number of benzene rings is 2. The molecule has 0 bridgehead atoms. The summed E-state index contributed by atoms with van der Waals surface area (Å²) in [7, 11) is 0. The fourth-order valence-corrected chi connectivity index (χ4v) is 3.64. The maximum Gasteiger partial charge on any atom is 0.159 e. The molecule has 0 saturated carbocycles. The van der Waals surface area contributed by atoms with Crippen LogP contribution in [-0.2, 0) is 6.54 Å². The molecule has 0 aliphatic carbocycles. The molecule has 2 aromatic carbocycles. The summed E-state index contributed by atoms with van der Waals surface area (Å²) in [6.45, 7) is 9.31. The Kier molecular flexibility index (Phi) is 6.23. The second-order valence-corrected chi connectivity index (χ2v) is 7.58. The highest BCUT2D eigenvalue weighted by Crippen LogP contribution is 2.22. The highest BCUT2D eigenvalue weighted by atomic mass is 19.1. The number of anilines is 1. The molecule has 6 nitrogen and oxygen atoms in total. The van der Waals surface area contributed by atoms with Crippen molar-refractivity contribution >= 4 is 16.9 Å². The van der Waals surface area contributed by atoms with Gasteiger partial charge in [-0.3, -0.25) is 14.5 Å². The Morgan fingerprint density at radius 3 is 2.58 bits per heavy atom. The first-order valence-corrected chi connectivity index (χ1v) is 10.6. The lowest BCUT2D eigenvalue weighted by Gasteiger charge is -2.18. The van der Waals surface area contributed by atoms with Gasteiger partial charge >= 0.3 is 0 Å². The van der Waals surface area contributed by atoms with Crippen LogP contribution in [0.3, 0.4) is 0 Å². The smallest absolute Gasteiger partial charge is 0.159 e. The van der Waals surface area contributed by atoms with Crippen molar-refractivity contribution in [1.29, 1.82) is 0 Å². The highest BCUT2D eigenvalue weighted by molar-refractivity contribution is 5.77. The van der Waals surface area contributed by atoms with E-state index in [0.29, 0.717) is 11.6 Å². The Labute approximate surface area is 181 Å². The van der Waals surface area contributed by atoms with Crippen molar-refractivity contribution in [2.24, 2.45) is 0 Å². The number of rotatable bonds is 8. The van der Waals surface area contributed by atoms with E-state index in [1.165, 1.54) is 17.7 Å². The Balaban J connectivity index is 1.56. The summed E-state index contributed by atoms with van der Waals surface area (Å²) in [4.78, 5) is 16.0. The summed E-state index contributed by atoms with van der Waals surface area (Å²) in [5.41, 5.74) is 4.14. The number of aromatic nitrogens is 4. The molecule has 7 heteroatoms. The number of nitrogens with zero attached hydrogens (tertiary/aromatic N) is 5. The van der Waals surface area contributed by atoms with Crippen molar-refractivity contribution < 1.29 is 4.39 Å². The zero-order valence-electron chi connectivity index (χ0n) is 18.1. The van der Waals surface area contributed by atoms with E-state index in [2.05, 4.69) is 52.2 Å². The van der Waals surface area contributed by atoms with Crippen LogP contribution in [-0.4, -0.2) is 37.5 Å². The number of hydrogen-bond donors (Lipinski definition) is 1. The van der Waals surface area contributed by atoms with Crippen molar-refractivity contribution in [2.75, 3.05) is 18.4 Å². The van der Waals surface area contributed by atoms with Gasteiger partial charge in [0.15, 0.2) is 5.82 Å². The van der Waals surface area contributed by atoms with E-state index in [1.54, 1.807) is 30.9 Å². The number of imidazole rings is 1. The molecule has 0 fully saturated rings. The molecule has 0 radical (unpaired) electrons. The molecule has 2 heterocycles. The van der Waals surface area contributed by atoms with Crippen LogP contribution in [0.1, 0.15) is 37.9 Å². The van der Waals surface area contributed by atoms with Crippen molar-refractivity contribution in [2.45, 2.75) is 33.4 Å². The van der Waals surface area contributed by atoms with Crippen LogP contribution in [0.25, 0.3) is 16.9 Å². The van der Waals surface area contributed by atoms with Gasteiger partial charge in [0.1, 0.15) is 18.0 Å². The molecular formula is C24H27FN6. The first-order chi connectivity index (χ1) is 15.1. The topological polar surface area (TPSA) is 58.9 Å². The molecule has 0 aliphatic heterocycles. The van der Waals surface area contributed by atoms with E-state index in [4.69, 9.17) is 4.98 Å². The van der Waals surface area contributed by atoms with Gasteiger partial charge in [-0.05, 0) is 55.4 Å². The van der Waals surface area contributed by atoms with Gasteiger partial charge in [-0.25, -0.2) is 14.4 Å². The standard InChI is InChI=1S/C24H27FN6/c1-4-30(5-2)15-18-6-11-22-21(12-18)27-16-31(22)24-14-26-13-23(29-24)28-17(3)19-7-9-20(25)10-8-19/h6-14,16-17H,4-5,15H2,1-3H3,(H,28,29). The van der Waals surface area contributed by atoms with E-state index in [1.807, 2.05) is 11.5 Å². The van der Waals surface area contributed by atoms with E-state index in [9.17, 15) is 4.39 Å². The van der Waals surface area contributed by atoms with E-state index in [-0.39, 0.29) is 11.9 Å². The first kappa shape index (κ1) is 20.9. The van der Waals surface area contributed by atoms with E-state index in [0.717, 1.165) is 36.2 Å². The SMILES string of the molecule is CCN(CC)Cc1ccc2c(c1)ncn2-c1cncc(NC(C)c2ccc(F)cc2)n1. The third-order valence-corrected chi connectivity index (χ3v) is 5.52. The molecule has 1 unspecified atom stereocenters. The predicted molar refractivity (Wildman–Crippen MR) is 122 cm³/mol. The summed E-state index contributed by atoms with van der Waals surface area (Å²) in [5.74, 6) is 1.09. The van der Waals surface area contributed by atoms with Gasteiger partial charge in [-0.15, -0.1) is 0 Å². The zero-order valence-corrected chi connectivity index (χ0v) is 18.1. The Bertz CT molecular complexity index is 1150. The normalized spacial score (nSPS) is 12.4. The highest BCUT2D eigenvalue weighted by Gasteiger charge is 2.11. The average Bonchev–Trinajstić information content (AvgIpc) is 3.21. The summed E-state index contributed by atoms with van der Waals surface area (Å²) in [6.07, 6.45) is 5.19. The molecule has 4 rings (SSSR count). The second-order valence-electron chi connectivity index (χ2n) is 7.58. The summed E-state index contributed by atoms with van der Waals surface area (Å²) in [5, 5.41) is 3.34. The van der Waals surface area contributed by atoms with Gasteiger partial charge in [0.25, 0.3) is 0 Å². The van der Waals surface area contributed by atoms with Crippen LogP contribution < -0.4 is 5.32 Å². The fraction of sp³-hybridized carbons (Fsp3) is 0.292. The predicted octanol–water partition coefficient (Wildman–Crippen LogP) is 4.97. The lowest BCUT2D eigenvalue weighted by atomic mass is 10.1. The van der Waals surface area contributed by atoms with Crippen LogP contribution in [0.15, 0.2) is 61.2 Å². The van der Waals surface area contributed by atoms with Crippen LogP contribution in [0.4, 0.5) is 10.2 Å². The molecule has 0 aliphatic rings. The van der Waals surface area contributed by atoms with Gasteiger partial charge < -0.3 is 5.32 Å². The second kappa shape index (κ2) is 9.22. The van der Waals surface area contributed by atoms with E-state index >= 15 is 0 Å². The first-order valence-electron chi connectivity index (χ1n) is 10.6. The molecule has 160 valence electrons. The van der Waals surface area contributed by atoms with Gasteiger partial charge in [0.05, 0.1) is 23.4 Å². The Morgan fingerprint density at radius 1 is 1.06 bits per heavy atom. The lowest BCUT2D eigenvalue weighted by molar-refractivity contribution is 0.296. The molecule has 0 spiro atoms. The Hall–Kier alpha value is -3.32. The van der Waals surface area contributed by atoms with Crippen molar-refractivity contribution in [1.82, 2.24) is 24.4 Å². The average molecular weight is 419 g/mol. The molecule has 31 heavy (non-hydrogen) atoms. The minimum absolute atomic E-state index is 0.0349. The quantitative estimate of drug-likeness (QED) is 0.438. The van der Waals surface area contributed by atoms with Crippen molar-refractivity contribution in [3.8, 4) is 5.82 Å². The third-order valence-electron chi connectivity index (χ3n) is 5.52. The minimum Gasteiger partial charge on any atom is -0.362 e. The van der Waals surface area contributed by atoms with Crippen molar-refractivity contribution in [3.63, 3.8) is 0 Å². The van der Waals surface area contributed by atoms with Crippen LogP contribution >= 0.6 is 0 Å². The monoisotopic (exact) mass is 418 g/mol. The van der Waals surface area contributed by atoms with Gasteiger partial charge in [0.2, 0.25) is 0 Å². The van der Waals surface area contributed by atoms with Crippen LogP contribution in [0, 0.1) is 5.82 Å². The maximum absolute atomic E-state index is 13.2. The molecule has 4 aromatic rings. The minimum atomic E-state index is -0.245. The maximum atomic E-state index is 13.2. The molecule has 0 saturated heterocycles. The molecule has 1 atom stereocenters. The van der Waals surface area contributed by atoms with Crippen molar-refractivity contribution in [3.05, 3.63) is 78.1 Å². The van der Waals surface area contributed by atoms with Gasteiger partial charge in [-0.1, -0.05) is 32.0 Å². The number of halogens is 1. The fourth-order valence-electron chi connectivity index (χ4n) is 3.64. The number of hydrogen-bond acceptors (Lipinski definition) is 5. The van der Waals surface area contributed by atoms with Crippen LogP contribution in [0.5, 0.6) is 0 Å². The molecule has 1 N–H and O–H groups in total. The number of fused-ring (bicyclic) bond motifs is 1. The summed E-state index contributed by atoms with van der Waals surface area (Å²) >= 11 is 0. The Morgan fingerprint density at radius 2 is 1.84 bits per heavy atom. The number of nitrogens with one attached hydrogen (secondary N) is 1. The van der Waals surface area contributed by atoms with Gasteiger partial charge in [-0.2, -0.15) is 0 Å².